The molecule has 0 saturated heterocycles. The standard InChI is InChI=1S/C12H18N4OS/c1-4-5-13-11(12-14-8-15-16(12)2)10-6-9(17-3)7-18-10/h6-8,11,13H,4-5H2,1-3H3. The lowest BCUT2D eigenvalue weighted by Crippen LogP contribution is -2.25. The Bertz CT molecular complexity index is 494. The number of methoxy groups -OCH3 is 1. The summed E-state index contributed by atoms with van der Waals surface area (Å²) >= 11 is 1.67. The van der Waals surface area contributed by atoms with Gasteiger partial charge in [-0.3, -0.25) is 4.68 Å². The van der Waals surface area contributed by atoms with Crippen molar-refractivity contribution < 1.29 is 4.74 Å². The summed E-state index contributed by atoms with van der Waals surface area (Å²) in [6, 6.07) is 2.12. The summed E-state index contributed by atoms with van der Waals surface area (Å²) in [6.07, 6.45) is 2.66. The monoisotopic (exact) mass is 266 g/mol. The van der Waals surface area contributed by atoms with Gasteiger partial charge in [-0.05, 0) is 19.0 Å². The van der Waals surface area contributed by atoms with Crippen LogP contribution in [0.15, 0.2) is 17.8 Å². The number of aromatic nitrogens is 3. The largest absolute Gasteiger partial charge is 0.496 e. The Morgan fingerprint density at radius 3 is 2.94 bits per heavy atom. The number of hydrogen-bond donors (Lipinski definition) is 1. The van der Waals surface area contributed by atoms with Gasteiger partial charge in [-0.2, -0.15) is 5.10 Å². The third kappa shape index (κ3) is 2.70. The molecule has 0 amide bonds. The zero-order valence-corrected chi connectivity index (χ0v) is 11.7. The molecule has 2 aromatic rings. The van der Waals surface area contributed by atoms with Crippen LogP contribution in [0.5, 0.6) is 5.75 Å². The summed E-state index contributed by atoms with van der Waals surface area (Å²) in [5.74, 6) is 1.81. The third-order valence-corrected chi connectivity index (χ3v) is 3.69. The van der Waals surface area contributed by atoms with Crippen molar-refractivity contribution in [2.24, 2.45) is 7.05 Å². The molecule has 1 N–H and O–H groups in total. The molecular formula is C12H18N4OS. The molecule has 1 atom stereocenters. The molecule has 1 unspecified atom stereocenters. The fraction of sp³-hybridized carbons (Fsp3) is 0.500. The van der Waals surface area contributed by atoms with Crippen LogP contribution in [0.25, 0.3) is 0 Å². The van der Waals surface area contributed by atoms with Crippen LogP contribution < -0.4 is 10.1 Å². The first kappa shape index (κ1) is 13.0. The lowest BCUT2D eigenvalue weighted by Gasteiger charge is -2.15. The first-order valence-electron chi connectivity index (χ1n) is 5.96. The summed E-state index contributed by atoms with van der Waals surface area (Å²) in [7, 11) is 3.59. The van der Waals surface area contributed by atoms with E-state index in [4.69, 9.17) is 4.74 Å². The molecule has 0 bridgehead atoms. The van der Waals surface area contributed by atoms with Gasteiger partial charge in [-0.25, -0.2) is 4.98 Å². The van der Waals surface area contributed by atoms with Crippen molar-refractivity contribution in [1.82, 2.24) is 20.1 Å². The minimum Gasteiger partial charge on any atom is -0.496 e. The highest BCUT2D eigenvalue weighted by Crippen LogP contribution is 2.29. The van der Waals surface area contributed by atoms with Gasteiger partial charge in [0.05, 0.1) is 7.11 Å². The maximum absolute atomic E-state index is 5.24. The zero-order chi connectivity index (χ0) is 13.0. The molecule has 2 aromatic heterocycles. The Hall–Kier alpha value is -1.40. The minimum absolute atomic E-state index is 0.0753. The fourth-order valence-corrected chi connectivity index (χ4v) is 2.69. The Kier molecular flexibility index (Phi) is 4.33. The number of ether oxygens (including phenoxy) is 1. The highest BCUT2D eigenvalue weighted by molar-refractivity contribution is 7.10. The molecule has 0 spiro atoms. The van der Waals surface area contributed by atoms with Crippen molar-refractivity contribution in [3.05, 3.63) is 28.5 Å². The van der Waals surface area contributed by atoms with Crippen LogP contribution in [0, 0.1) is 0 Å². The number of aryl methyl sites for hydroxylation is 1. The molecule has 0 saturated carbocycles. The first-order chi connectivity index (χ1) is 8.76. The van der Waals surface area contributed by atoms with Crippen LogP contribution in [-0.4, -0.2) is 28.4 Å². The molecular weight excluding hydrogens is 248 g/mol. The van der Waals surface area contributed by atoms with Gasteiger partial charge >= 0.3 is 0 Å². The molecule has 2 rings (SSSR count). The van der Waals surface area contributed by atoms with Crippen molar-refractivity contribution in [3.8, 4) is 5.75 Å². The number of nitrogens with one attached hydrogen (secondary N) is 1. The SMILES string of the molecule is CCCNC(c1cc(OC)cs1)c1ncnn1C. The van der Waals surface area contributed by atoms with Crippen molar-refractivity contribution in [1.29, 1.82) is 0 Å². The summed E-state index contributed by atoms with van der Waals surface area (Å²) in [6.45, 7) is 3.09. The predicted molar refractivity (Wildman–Crippen MR) is 72.0 cm³/mol. The van der Waals surface area contributed by atoms with Crippen molar-refractivity contribution >= 4 is 11.3 Å². The smallest absolute Gasteiger partial charge is 0.149 e. The molecule has 2 heterocycles. The second kappa shape index (κ2) is 5.97. The van der Waals surface area contributed by atoms with E-state index in [1.54, 1.807) is 29.5 Å². The quantitative estimate of drug-likeness (QED) is 0.868. The van der Waals surface area contributed by atoms with E-state index < -0.39 is 0 Å². The molecule has 0 fully saturated rings. The maximum atomic E-state index is 5.24. The van der Waals surface area contributed by atoms with E-state index in [2.05, 4.69) is 22.3 Å². The van der Waals surface area contributed by atoms with Gasteiger partial charge in [-0.15, -0.1) is 11.3 Å². The van der Waals surface area contributed by atoms with Crippen LogP contribution in [0.2, 0.25) is 0 Å². The Labute approximate surface area is 111 Å². The molecule has 5 nitrogen and oxygen atoms in total. The van der Waals surface area contributed by atoms with E-state index in [1.807, 2.05) is 18.5 Å². The maximum Gasteiger partial charge on any atom is 0.149 e. The number of thiophene rings is 1. The van der Waals surface area contributed by atoms with Gasteiger partial charge < -0.3 is 10.1 Å². The van der Waals surface area contributed by atoms with Crippen LogP contribution in [0.1, 0.15) is 30.1 Å². The summed E-state index contributed by atoms with van der Waals surface area (Å²) in [5.41, 5.74) is 0. The number of rotatable bonds is 6. The topological polar surface area (TPSA) is 52.0 Å². The van der Waals surface area contributed by atoms with Crippen molar-refractivity contribution in [2.45, 2.75) is 19.4 Å². The van der Waals surface area contributed by atoms with Crippen LogP contribution in [0.3, 0.4) is 0 Å². The highest BCUT2D eigenvalue weighted by atomic mass is 32.1. The lowest BCUT2D eigenvalue weighted by molar-refractivity contribution is 0.416. The van der Waals surface area contributed by atoms with Gasteiger partial charge in [0.25, 0.3) is 0 Å². The Morgan fingerprint density at radius 1 is 1.56 bits per heavy atom. The van der Waals surface area contributed by atoms with E-state index in [0.717, 1.165) is 24.5 Å². The summed E-state index contributed by atoms with van der Waals surface area (Å²) < 4.78 is 7.04. The van der Waals surface area contributed by atoms with Crippen LogP contribution in [-0.2, 0) is 7.05 Å². The molecule has 18 heavy (non-hydrogen) atoms. The van der Waals surface area contributed by atoms with Crippen molar-refractivity contribution in [2.75, 3.05) is 13.7 Å². The van der Waals surface area contributed by atoms with Crippen LogP contribution >= 0.6 is 11.3 Å². The second-order valence-electron chi connectivity index (χ2n) is 4.02. The van der Waals surface area contributed by atoms with E-state index in [9.17, 15) is 0 Å². The molecule has 0 aliphatic carbocycles. The second-order valence-corrected chi connectivity index (χ2v) is 4.96. The number of nitrogens with zero attached hydrogens (tertiary/aromatic N) is 3. The molecule has 0 radical (unpaired) electrons. The average Bonchev–Trinajstić information content (AvgIpc) is 3.00. The Balaban J connectivity index is 2.27. The molecule has 98 valence electrons. The summed E-state index contributed by atoms with van der Waals surface area (Å²) in [5, 5.41) is 9.64. The summed E-state index contributed by atoms with van der Waals surface area (Å²) in [4.78, 5) is 5.53. The fourth-order valence-electron chi connectivity index (χ4n) is 1.77. The normalized spacial score (nSPS) is 12.6. The van der Waals surface area contributed by atoms with E-state index in [-0.39, 0.29) is 6.04 Å². The molecule has 6 heteroatoms. The van der Waals surface area contributed by atoms with Crippen LogP contribution in [0.4, 0.5) is 0 Å². The average molecular weight is 266 g/mol. The predicted octanol–water partition coefficient (Wildman–Crippen LogP) is 1.97. The molecule has 0 aliphatic rings. The van der Waals surface area contributed by atoms with Gasteiger partial charge in [0.2, 0.25) is 0 Å². The molecule has 0 aliphatic heterocycles. The van der Waals surface area contributed by atoms with Gasteiger partial charge in [-0.1, -0.05) is 6.92 Å². The minimum atomic E-state index is 0.0753. The van der Waals surface area contributed by atoms with E-state index in [1.165, 1.54) is 4.88 Å². The van der Waals surface area contributed by atoms with Gasteiger partial charge in [0.15, 0.2) is 0 Å². The molecule has 0 aromatic carbocycles. The third-order valence-electron chi connectivity index (χ3n) is 2.72. The van der Waals surface area contributed by atoms with E-state index in [0.29, 0.717) is 0 Å². The van der Waals surface area contributed by atoms with Gasteiger partial charge in [0, 0.05) is 17.3 Å². The van der Waals surface area contributed by atoms with Crippen molar-refractivity contribution in [3.63, 3.8) is 0 Å². The van der Waals surface area contributed by atoms with E-state index >= 15 is 0 Å². The highest BCUT2D eigenvalue weighted by Gasteiger charge is 2.20. The van der Waals surface area contributed by atoms with Gasteiger partial charge in [0.1, 0.15) is 23.9 Å². The Morgan fingerprint density at radius 2 is 2.39 bits per heavy atom. The lowest BCUT2D eigenvalue weighted by atomic mass is 10.2. The first-order valence-corrected chi connectivity index (χ1v) is 6.84. The zero-order valence-electron chi connectivity index (χ0n) is 10.9. The number of hydrogen-bond acceptors (Lipinski definition) is 5.